The number of hydrogen-bond donors (Lipinski definition) is 1. The van der Waals surface area contributed by atoms with Gasteiger partial charge < -0.3 is 15.0 Å². The SMILES string of the molecule is Brc1ccc(CN2CCCC(Nc3ccnc(N4CCOCC4)n3)C2)cc1. The molecule has 0 bridgehead atoms. The summed E-state index contributed by atoms with van der Waals surface area (Å²) in [6, 6.07) is 11.0. The average molecular weight is 432 g/mol. The Balaban J connectivity index is 1.35. The highest BCUT2D eigenvalue weighted by molar-refractivity contribution is 9.10. The van der Waals surface area contributed by atoms with Crippen molar-refractivity contribution >= 4 is 27.7 Å². The van der Waals surface area contributed by atoms with Gasteiger partial charge in [-0.05, 0) is 43.1 Å². The molecule has 144 valence electrons. The Morgan fingerprint density at radius 3 is 2.74 bits per heavy atom. The predicted molar refractivity (Wildman–Crippen MR) is 111 cm³/mol. The Morgan fingerprint density at radius 2 is 1.93 bits per heavy atom. The molecule has 2 aliphatic heterocycles. The molecular weight excluding hydrogens is 406 g/mol. The normalized spacial score (nSPS) is 21.2. The van der Waals surface area contributed by atoms with Gasteiger partial charge in [0.05, 0.1) is 13.2 Å². The number of rotatable bonds is 5. The maximum atomic E-state index is 5.42. The first-order valence-electron chi connectivity index (χ1n) is 9.65. The lowest BCUT2D eigenvalue weighted by Gasteiger charge is -2.33. The van der Waals surface area contributed by atoms with E-state index in [1.807, 2.05) is 12.3 Å². The summed E-state index contributed by atoms with van der Waals surface area (Å²) in [5, 5.41) is 3.63. The van der Waals surface area contributed by atoms with Crippen LogP contribution in [0.3, 0.4) is 0 Å². The van der Waals surface area contributed by atoms with E-state index < -0.39 is 0 Å². The van der Waals surface area contributed by atoms with Crippen LogP contribution in [0.4, 0.5) is 11.8 Å². The third-order valence-corrected chi connectivity index (χ3v) is 5.64. The average Bonchev–Trinajstić information content (AvgIpc) is 2.71. The number of ether oxygens (including phenoxy) is 1. The van der Waals surface area contributed by atoms with Crippen LogP contribution in [0.25, 0.3) is 0 Å². The number of benzene rings is 1. The lowest BCUT2D eigenvalue weighted by atomic mass is 10.0. The topological polar surface area (TPSA) is 53.5 Å². The Hall–Kier alpha value is -1.70. The number of aromatic nitrogens is 2. The van der Waals surface area contributed by atoms with Crippen LogP contribution in [0, 0.1) is 0 Å². The zero-order chi connectivity index (χ0) is 18.5. The molecule has 2 aromatic rings. The lowest BCUT2D eigenvalue weighted by molar-refractivity contribution is 0.122. The number of morpholine rings is 1. The van der Waals surface area contributed by atoms with Gasteiger partial charge in [0.1, 0.15) is 5.82 Å². The van der Waals surface area contributed by atoms with Gasteiger partial charge in [0.25, 0.3) is 0 Å². The van der Waals surface area contributed by atoms with Crippen molar-refractivity contribution in [3.05, 3.63) is 46.6 Å². The summed E-state index contributed by atoms with van der Waals surface area (Å²) < 4.78 is 6.55. The molecular formula is C20H26BrN5O. The Morgan fingerprint density at radius 1 is 1.11 bits per heavy atom. The van der Waals surface area contributed by atoms with Gasteiger partial charge in [-0.15, -0.1) is 0 Å². The number of anilines is 2. The van der Waals surface area contributed by atoms with Crippen molar-refractivity contribution < 1.29 is 4.74 Å². The predicted octanol–water partition coefficient (Wildman–Crippen LogP) is 3.15. The zero-order valence-corrected chi connectivity index (χ0v) is 17.1. The molecule has 0 spiro atoms. The maximum Gasteiger partial charge on any atom is 0.227 e. The van der Waals surface area contributed by atoms with E-state index >= 15 is 0 Å². The van der Waals surface area contributed by atoms with Crippen molar-refractivity contribution in [2.45, 2.75) is 25.4 Å². The van der Waals surface area contributed by atoms with Gasteiger partial charge in [-0.1, -0.05) is 28.1 Å². The molecule has 2 aliphatic rings. The first kappa shape index (κ1) is 18.7. The van der Waals surface area contributed by atoms with Gasteiger partial charge in [0.15, 0.2) is 0 Å². The molecule has 1 aromatic carbocycles. The van der Waals surface area contributed by atoms with E-state index in [0.29, 0.717) is 6.04 Å². The van der Waals surface area contributed by atoms with E-state index in [-0.39, 0.29) is 0 Å². The minimum absolute atomic E-state index is 0.418. The minimum Gasteiger partial charge on any atom is -0.378 e. The summed E-state index contributed by atoms with van der Waals surface area (Å²) in [7, 11) is 0. The van der Waals surface area contributed by atoms with Crippen LogP contribution >= 0.6 is 15.9 Å². The number of piperidine rings is 1. The standard InChI is InChI=1S/C20H26BrN5O/c21-17-5-3-16(4-6-17)14-25-9-1-2-18(15-25)23-19-7-8-22-20(24-19)26-10-12-27-13-11-26/h3-8,18H,1-2,9-15H2,(H,22,23,24). The largest absolute Gasteiger partial charge is 0.378 e. The van der Waals surface area contributed by atoms with Gasteiger partial charge in [-0.3, -0.25) is 4.90 Å². The van der Waals surface area contributed by atoms with Crippen molar-refractivity contribution in [1.29, 1.82) is 0 Å². The summed E-state index contributed by atoms with van der Waals surface area (Å²) in [4.78, 5) is 13.9. The molecule has 2 saturated heterocycles. The second kappa shape index (κ2) is 8.99. The molecule has 4 rings (SSSR count). The monoisotopic (exact) mass is 431 g/mol. The smallest absolute Gasteiger partial charge is 0.227 e. The second-order valence-electron chi connectivity index (χ2n) is 7.19. The highest BCUT2D eigenvalue weighted by Crippen LogP contribution is 2.19. The molecule has 2 fully saturated rings. The van der Waals surface area contributed by atoms with Gasteiger partial charge in [-0.25, -0.2) is 4.98 Å². The molecule has 6 nitrogen and oxygen atoms in total. The zero-order valence-electron chi connectivity index (χ0n) is 15.5. The second-order valence-corrected chi connectivity index (χ2v) is 8.10. The van der Waals surface area contributed by atoms with Crippen molar-refractivity contribution in [3.63, 3.8) is 0 Å². The highest BCUT2D eigenvalue weighted by Gasteiger charge is 2.21. The summed E-state index contributed by atoms with van der Waals surface area (Å²) >= 11 is 3.51. The van der Waals surface area contributed by atoms with E-state index in [4.69, 9.17) is 9.72 Å². The van der Waals surface area contributed by atoms with Gasteiger partial charge in [0.2, 0.25) is 5.95 Å². The van der Waals surface area contributed by atoms with Crippen LogP contribution < -0.4 is 10.2 Å². The quantitative estimate of drug-likeness (QED) is 0.784. The van der Waals surface area contributed by atoms with Crippen LogP contribution in [0.5, 0.6) is 0 Å². The fourth-order valence-electron chi connectivity index (χ4n) is 3.72. The summed E-state index contributed by atoms with van der Waals surface area (Å²) in [6.45, 7) is 6.38. The fraction of sp³-hybridized carbons (Fsp3) is 0.500. The molecule has 3 heterocycles. The molecule has 0 amide bonds. The third-order valence-electron chi connectivity index (χ3n) is 5.11. The van der Waals surface area contributed by atoms with E-state index in [1.54, 1.807) is 0 Å². The molecule has 0 saturated carbocycles. The molecule has 27 heavy (non-hydrogen) atoms. The molecule has 0 radical (unpaired) electrons. The Bertz CT molecular complexity index is 735. The van der Waals surface area contributed by atoms with Crippen LogP contribution in [0.1, 0.15) is 18.4 Å². The molecule has 1 atom stereocenters. The number of hydrogen-bond acceptors (Lipinski definition) is 6. The lowest BCUT2D eigenvalue weighted by Crippen LogP contribution is -2.42. The van der Waals surface area contributed by atoms with Crippen LogP contribution in [0.15, 0.2) is 41.0 Å². The van der Waals surface area contributed by atoms with Crippen molar-refractivity contribution in [2.75, 3.05) is 49.6 Å². The summed E-state index contributed by atoms with van der Waals surface area (Å²) in [5.74, 6) is 1.72. The van der Waals surface area contributed by atoms with Gasteiger partial charge in [-0.2, -0.15) is 4.98 Å². The third kappa shape index (κ3) is 5.18. The molecule has 1 aromatic heterocycles. The minimum atomic E-state index is 0.418. The Kier molecular flexibility index (Phi) is 6.21. The first-order chi connectivity index (χ1) is 13.3. The van der Waals surface area contributed by atoms with Crippen LogP contribution in [-0.4, -0.2) is 60.3 Å². The van der Waals surface area contributed by atoms with Crippen molar-refractivity contribution in [1.82, 2.24) is 14.9 Å². The van der Waals surface area contributed by atoms with Gasteiger partial charge >= 0.3 is 0 Å². The van der Waals surface area contributed by atoms with Crippen molar-refractivity contribution in [3.8, 4) is 0 Å². The maximum absolute atomic E-state index is 5.42. The highest BCUT2D eigenvalue weighted by atomic mass is 79.9. The first-order valence-corrected chi connectivity index (χ1v) is 10.4. The summed E-state index contributed by atoms with van der Waals surface area (Å²) in [6.07, 6.45) is 4.23. The number of nitrogens with zero attached hydrogens (tertiary/aromatic N) is 4. The fourth-order valence-corrected chi connectivity index (χ4v) is 3.98. The number of halogens is 1. The molecule has 1 N–H and O–H groups in total. The number of likely N-dealkylation sites (tertiary alicyclic amines) is 1. The van der Waals surface area contributed by atoms with Gasteiger partial charge in [0, 0.05) is 42.9 Å². The van der Waals surface area contributed by atoms with E-state index in [9.17, 15) is 0 Å². The van der Waals surface area contributed by atoms with Crippen LogP contribution in [-0.2, 0) is 11.3 Å². The van der Waals surface area contributed by atoms with E-state index in [1.165, 1.54) is 18.4 Å². The van der Waals surface area contributed by atoms with E-state index in [0.717, 1.165) is 62.2 Å². The van der Waals surface area contributed by atoms with Crippen molar-refractivity contribution in [2.24, 2.45) is 0 Å². The molecule has 7 heteroatoms. The van der Waals surface area contributed by atoms with Crippen LogP contribution in [0.2, 0.25) is 0 Å². The molecule has 0 aliphatic carbocycles. The number of nitrogens with one attached hydrogen (secondary N) is 1. The Labute approximate surface area is 169 Å². The van der Waals surface area contributed by atoms with E-state index in [2.05, 4.69) is 60.3 Å². The molecule has 1 unspecified atom stereocenters. The summed E-state index contributed by atoms with van der Waals surface area (Å²) in [5.41, 5.74) is 1.36.